The minimum atomic E-state index is -0.446. The second kappa shape index (κ2) is 7.37. The van der Waals surface area contributed by atoms with Gasteiger partial charge in [0.05, 0.1) is 5.41 Å². The third-order valence-corrected chi connectivity index (χ3v) is 5.81. The molecule has 0 unspecified atom stereocenters. The van der Waals surface area contributed by atoms with Gasteiger partial charge in [-0.05, 0) is 48.6 Å². The van der Waals surface area contributed by atoms with E-state index in [4.69, 9.17) is 5.73 Å². The van der Waals surface area contributed by atoms with Crippen LogP contribution in [0.25, 0.3) is 0 Å². The van der Waals surface area contributed by atoms with E-state index in [9.17, 15) is 9.18 Å². The molecule has 1 saturated heterocycles. The lowest BCUT2D eigenvalue weighted by Crippen LogP contribution is -2.38. The molecule has 1 saturated carbocycles. The topological polar surface area (TPSA) is 46.3 Å². The predicted octanol–water partition coefficient (Wildman–Crippen LogP) is 3.48. The molecule has 0 spiro atoms. The van der Waals surface area contributed by atoms with Gasteiger partial charge in [-0.3, -0.25) is 4.79 Å². The van der Waals surface area contributed by atoms with Gasteiger partial charge in [-0.1, -0.05) is 42.5 Å². The molecule has 0 aromatic heterocycles. The van der Waals surface area contributed by atoms with Crippen molar-refractivity contribution in [2.24, 2.45) is 11.7 Å². The predicted molar refractivity (Wildman–Crippen MR) is 103 cm³/mol. The molecule has 2 atom stereocenters. The highest BCUT2D eigenvalue weighted by Crippen LogP contribution is 2.50. The number of carbonyl (C=O) groups excluding carboxylic acids is 1. The Labute approximate surface area is 159 Å². The average molecular weight is 375 g/mol. The molecular formula is C21H24ClFN2O. The zero-order valence-electron chi connectivity index (χ0n) is 14.6. The van der Waals surface area contributed by atoms with Crippen molar-refractivity contribution >= 4 is 18.3 Å². The van der Waals surface area contributed by atoms with Gasteiger partial charge in [0.15, 0.2) is 0 Å². The summed E-state index contributed by atoms with van der Waals surface area (Å²) in [4.78, 5) is 15.2. The molecule has 1 heterocycles. The molecule has 2 fully saturated rings. The molecule has 26 heavy (non-hydrogen) atoms. The van der Waals surface area contributed by atoms with Crippen molar-refractivity contribution in [1.29, 1.82) is 0 Å². The summed E-state index contributed by atoms with van der Waals surface area (Å²) in [6, 6.07) is 16.7. The average Bonchev–Trinajstić information content (AvgIpc) is 3.34. The lowest BCUT2D eigenvalue weighted by atomic mass is 9.89. The van der Waals surface area contributed by atoms with Crippen LogP contribution in [0.2, 0.25) is 0 Å². The van der Waals surface area contributed by atoms with E-state index in [0.717, 1.165) is 18.4 Å². The van der Waals surface area contributed by atoms with Gasteiger partial charge in [0.1, 0.15) is 5.82 Å². The Hall–Kier alpha value is -1.91. The first-order valence-electron chi connectivity index (χ1n) is 8.94. The Morgan fingerprint density at radius 1 is 1.08 bits per heavy atom. The number of likely N-dealkylation sites (tertiary alicyclic amines) is 1. The number of nitrogens with zero attached hydrogens (tertiary/aromatic N) is 1. The van der Waals surface area contributed by atoms with Crippen molar-refractivity contribution in [3.05, 3.63) is 71.5 Å². The number of rotatable bonds is 4. The first kappa shape index (κ1) is 18.9. The van der Waals surface area contributed by atoms with E-state index in [-0.39, 0.29) is 30.0 Å². The Kier molecular flexibility index (Phi) is 5.35. The minimum Gasteiger partial charge on any atom is -0.341 e. The summed E-state index contributed by atoms with van der Waals surface area (Å²) >= 11 is 0. The van der Waals surface area contributed by atoms with Crippen LogP contribution in [0.5, 0.6) is 0 Å². The van der Waals surface area contributed by atoms with Crippen molar-refractivity contribution in [3.63, 3.8) is 0 Å². The van der Waals surface area contributed by atoms with Crippen molar-refractivity contribution in [3.8, 4) is 0 Å². The molecule has 0 bridgehead atoms. The quantitative estimate of drug-likeness (QED) is 0.890. The molecule has 138 valence electrons. The highest BCUT2D eigenvalue weighted by atomic mass is 35.5. The van der Waals surface area contributed by atoms with Gasteiger partial charge in [0, 0.05) is 19.0 Å². The number of benzene rings is 2. The van der Waals surface area contributed by atoms with Crippen LogP contribution in [-0.4, -0.2) is 30.4 Å². The zero-order valence-corrected chi connectivity index (χ0v) is 15.4. The van der Waals surface area contributed by atoms with E-state index < -0.39 is 5.41 Å². The van der Waals surface area contributed by atoms with Crippen molar-refractivity contribution < 1.29 is 9.18 Å². The van der Waals surface area contributed by atoms with Gasteiger partial charge in [-0.15, -0.1) is 12.4 Å². The third-order valence-electron chi connectivity index (χ3n) is 5.81. The number of hydrogen-bond acceptors (Lipinski definition) is 2. The summed E-state index contributed by atoms with van der Waals surface area (Å²) in [6.07, 6.45) is 1.69. The van der Waals surface area contributed by atoms with Crippen LogP contribution in [-0.2, 0) is 10.2 Å². The Bertz CT molecular complexity index is 761. The fourth-order valence-electron chi connectivity index (χ4n) is 4.18. The van der Waals surface area contributed by atoms with Crippen LogP contribution < -0.4 is 5.73 Å². The maximum Gasteiger partial charge on any atom is 0.233 e. The standard InChI is InChI=1S/C21H23FN2O.ClH/c22-18-8-6-17(7-9-18)21(10-11-21)20(25)24-13-16(12-23)19(14-24)15-4-2-1-3-5-15;/h1-9,16,19H,10-14,23H2;1H/t16-,19+;/m1./s1. The Morgan fingerprint density at radius 3 is 2.31 bits per heavy atom. The number of halogens is 2. The first-order valence-corrected chi connectivity index (χ1v) is 8.94. The minimum absolute atomic E-state index is 0. The van der Waals surface area contributed by atoms with E-state index in [1.54, 1.807) is 12.1 Å². The lowest BCUT2D eigenvalue weighted by molar-refractivity contribution is -0.133. The molecule has 1 amide bonds. The van der Waals surface area contributed by atoms with E-state index in [1.807, 2.05) is 23.1 Å². The van der Waals surface area contributed by atoms with Crippen molar-refractivity contribution in [2.75, 3.05) is 19.6 Å². The normalized spacial score (nSPS) is 23.4. The SMILES string of the molecule is Cl.NC[C@@H]1CN(C(=O)C2(c3ccc(F)cc3)CC2)C[C@H]1c1ccccc1. The van der Waals surface area contributed by atoms with Crippen LogP contribution in [0.1, 0.15) is 29.9 Å². The van der Waals surface area contributed by atoms with Crippen LogP contribution in [0.15, 0.2) is 54.6 Å². The molecule has 2 aromatic rings. The van der Waals surface area contributed by atoms with Crippen LogP contribution in [0, 0.1) is 11.7 Å². The molecule has 2 aromatic carbocycles. The van der Waals surface area contributed by atoms with E-state index >= 15 is 0 Å². The molecule has 4 rings (SSSR count). The smallest absolute Gasteiger partial charge is 0.233 e. The van der Waals surface area contributed by atoms with Crippen LogP contribution >= 0.6 is 12.4 Å². The van der Waals surface area contributed by atoms with Crippen molar-refractivity contribution in [2.45, 2.75) is 24.2 Å². The highest BCUT2D eigenvalue weighted by molar-refractivity contribution is 5.91. The number of nitrogens with two attached hydrogens (primary N) is 1. The van der Waals surface area contributed by atoms with Gasteiger partial charge in [0.2, 0.25) is 5.91 Å². The lowest BCUT2D eigenvalue weighted by Gasteiger charge is -2.24. The van der Waals surface area contributed by atoms with Gasteiger partial charge < -0.3 is 10.6 Å². The van der Waals surface area contributed by atoms with Crippen LogP contribution in [0.3, 0.4) is 0 Å². The summed E-state index contributed by atoms with van der Waals surface area (Å²) < 4.78 is 13.2. The van der Waals surface area contributed by atoms with Crippen molar-refractivity contribution in [1.82, 2.24) is 4.90 Å². The summed E-state index contributed by atoms with van der Waals surface area (Å²) in [6.45, 7) is 2.00. The highest BCUT2D eigenvalue weighted by Gasteiger charge is 2.54. The Morgan fingerprint density at radius 2 is 1.73 bits per heavy atom. The van der Waals surface area contributed by atoms with Gasteiger partial charge in [-0.25, -0.2) is 4.39 Å². The largest absolute Gasteiger partial charge is 0.341 e. The first-order chi connectivity index (χ1) is 12.1. The van der Waals surface area contributed by atoms with Gasteiger partial charge in [-0.2, -0.15) is 0 Å². The molecular weight excluding hydrogens is 351 g/mol. The number of hydrogen-bond donors (Lipinski definition) is 1. The molecule has 1 aliphatic carbocycles. The van der Waals surface area contributed by atoms with Gasteiger partial charge >= 0.3 is 0 Å². The third kappa shape index (κ3) is 3.24. The van der Waals surface area contributed by atoms with E-state index in [0.29, 0.717) is 25.6 Å². The van der Waals surface area contributed by atoms with E-state index in [1.165, 1.54) is 17.7 Å². The fourth-order valence-corrected chi connectivity index (χ4v) is 4.18. The Balaban J connectivity index is 0.00000196. The second-order valence-corrected chi connectivity index (χ2v) is 7.31. The summed E-state index contributed by atoms with van der Waals surface area (Å²) in [7, 11) is 0. The maximum absolute atomic E-state index is 13.2. The van der Waals surface area contributed by atoms with Crippen LogP contribution in [0.4, 0.5) is 4.39 Å². The summed E-state index contributed by atoms with van der Waals surface area (Å²) in [5.41, 5.74) is 7.74. The summed E-state index contributed by atoms with van der Waals surface area (Å²) in [5, 5.41) is 0. The summed E-state index contributed by atoms with van der Waals surface area (Å²) in [5.74, 6) is 0.492. The molecule has 2 N–H and O–H groups in total. The monoisotopic (exact) mass is 374 g/mol. The zero-order chi connectivity index (χ0) is 17.4. The fraction of sp³-hybridized carbons (Fsp3) is 0.381. The second-order valence-electron chi connectivity index (χ2n) is 7.31. The molecule has 0 radical (unpaired) electrons. The molecule has 2 aliphatic rings. The maximum atomic E-state index is 13.2. The number of amides is 1. The number of carbonyl (C=O) groups is 1. The molecule has 3 nitrogen and oxygen atoms in total. The molecule has 5 heteroatoms. The van der Waals surface area contributed by atoms with E-state index in [2.05, 4.69) is 12.1 Å². The van der Waals surface area contributed by atoms with Gasteiger partial charge in [0.25, 0.3) is 0 Å². The molecule has 1 aliphatic heterocycles.